The number of amides is 2. The van der Waals surface area contributed by atoms with Crippen LogP contribution in [0.4, 0.5) is 0 Å². The molecule has 1 N–H and O–H groups in total. The lowest BCUT2D eigenvalue weighted by Gasteiger charge is -2.16. The van der Waals surface area contributed by atoms with E-state index >= 15 is 0 Å². The summed E-state index contributed by atoms with van der Waals surface area (Å²) < 4.78 is 5.12. The van der Waals surface area contributed by atoms with Crippen molar-refractivity contribution in [3.63, 3.8) is 0 Å². The average molecular weight is 302 g/mol. The number of hydrogen-bond acceptors (Lipinski definition) is 3. The van der Waals surface area contributed by atoms with E-state index in [0.29, 0.717) is 26.1 Å². The van der Waals surface area contributed by atoms with Crippen LogP contribution in [0.25, 0.3) is 0 Å². The van der Waals surface area contributed by atoms with Gasteiger partial charge in [-0.05, 0) is 24.1 Å². The largest absolute Gasteiger partial charge is 0.497 e. The van der Waals surface area contributed by atoms with E-state index in [2.05, 4.69) is 11.9 Å². The highest BCUT2D eigenvalue weighted by Gasteiger charge is 2.33. The standard InChI is InChI=1S/C17H22N2O3/c1-3-9-18-17(21)14-11-16(20)19(12-14)10-8-13-4-6-15(22-2)7-5-13/h3-7,14H,1,8-12H2,2H3,(H,18,21). The molecule has 0 radical (unpaired) electrons. The molecule has 0 spiro atoms. The molecular weight excluding hydrogens is 280 g/mol. The molecule has 0 bridgehead atoms. The molecule has 118 valence electrons. The Balaban J connectivity index is 1.83. The molecule has 2 amide bonds. The monoisotopic (exact) mass is 302 g/mol. The Bertz CT molecular complexity index is 539. The molecule has 1 atom stereocenters. The first kappa shape index (κ1) is 16.1. The minimum Gasteiger partial charge on any atom is -0.497 e. The molecule has 22 heavy (non-hydrogen) atoms. The molecule has 1 aliphatic rings. The van der Waals surface area contributed by atoms with Gasteiger partial charge in [0.2, 0.25) is 11.8 Å². The van der Waals surface area contributed by atoms with Crippen molar-refractivity contribution in [1.29, 1.82) is 0 Å². The molecule has 1 aromatic carbocycles. The molecule has 2 rings (SSSR count). The van der Waals surface area contributed by atoms with E-state index < -0.39 is 0 Å². The van der Waals surface area contributed by atoms with Gasteiger partial charge in [-0.2, -0.15) is 0 Å². The van der Waals surface area contributed by atoms with Crippen molar-refractivity contribution in [2.45, 2.75) is 12.8 Å². The van der Waals surface area contributed by atoms with E-state index in [1.165, 1.54) is 0 Å². The first-order valence-corrected chi connectivity index (χ1v) is 7.43. The molecule has 0 aliphatic carbocycles. The van der Waals surface area contributed by atoms with Gasteiger partial charge in [-0.25, -0.2) is 0 Å². The quantitative estimate of drug-likeness (QED) is 0.774. The molecule has 1 saturated heterocycles. The van der Waals surface area contributed by atoms with Crippen molar-refractivity contribution in [2.75, 3.05) is 26.7 Å². The lowest BCUT2D eigenvalue weighted by atomic mass is 10.1. The van der Waals surface area contributed by atoms with Gasteiger partial charge in [0.1, 0.15) is 5.75 Å². The molecule has 1 unspecified atom stereocenters. The Kier molecular flexibility index (Phi) is 5.58. The summed E-state index contributed by atoms with van der Waals surface area (Å²) in [7, 11) is 1.63. The highest BCUT2D eigenvalue weighted by atomic mass is 16.5. The van der Waals surface area contributed by atoms with Gasteiger partial charge in [-0.3, -0.25) is 9.59 Å². The number of hydrogen-bond donors (Lipinski definition) is 1. The second-order valence-electron chi connectivity index (χ2n) is 5.37. The zero-order valence-corrected chi connectivity index (χ0v) is 12.9. The Morgan fingerprint density at radius 1 is 1.45 bits per heavy atom. The number of nitrogens with one attached hydrogen (secondary N) is 1. The maximum absolute atomic E-state index is 12.0. The van der Waals surface area contributed by atoms with E-state index in [1.54, 1.807) is 18.1 Å². The Labute approximate surface area is 130 Å². The van der Waals surface area contributed by atoms with Gasteiger partial charge >= 0.3 is 0 Å². The predicted molar refractivity (Wildman–Crippen MR) is 84.6 cm³/mol. The first-order valence-electron chi connectivity index (χ1n) is 7.43. The Morgan fingerprint density at radius 2 is 2.18 bits per heavy atom. The van der Waals surface area contributed by atoms with Crippen molar-refractivity contribution in [3.05, 3.63) is 42.5 Å². The Morgan fingerprint density at radius 3 is 2.82 bits per heavy atom. The van der Waals surface area contributed by atoms with Crippen LogP contribution in [0.15, 0.2) is 36.9 Å². The fourth-order valence-electron chi connectivity index (χ4n) is 2.54. The van der Waals surface area contributed by atoms with Crippen LogP contribution in [0.2, 0.25) is 0 Å². The molecule has 1 aliphatic heterocycles. The summed E-state index contributed by atoms with van der Waals surface area (Å²) in [6, 6.07) is 7.81. The van der Waals surface area contributed by atoms with Crippen LogP contribution in [0.5, 0.6) is 5.75 Å². The summed E-state index contributed by atoms with van der Waals surface area (Å²) in [6.07, 6.45) is 2.71. The molecule has 0 aromatic heterocycles. The van der Waals surface area contributed by atoms with Crippen molar-refractivity contribution in [1.82, 2.24) is 10.2 Å². The smallest absolute Gasteiger partial charge is 0.225 e. The van der Waals surface area contributed by atoms with Crippen LogP contribution >= 0.6 is 0 Å². The summed E-state index contributed by atoms with van der Waals surface area (Å²) in [5.41, 5.74) is 1.15. The van der Waals surface area contributed by atoms with Gasteiger partial charge in [-0.1, -0.05) is 18.2 Å². The van der Waals surface area contributed by atoms with Gasteiger partial charge in [0.15, 0.2) is 0 Å². The summed E-state index contributed by atoms with van der Waals surface area (Å²) in [5.74, 6) is 0.552. The summed E-state index contributed by atoms with van der Waals surface area (Å²) in [6.45, 7) is 5.14. The summed E-state index contributed by atoms with van der Waals surface area (Å²) >= 11 is 0. The van der Waals surface area contributed by atoms with Crippen LogP contribution in [0, 0.1) is 5.92 Å². The van der Waals surface area contributed by atoms with E-state index in [-0.39, 0.29) is 17.7 Å². The lowest BCUT2D eigenvalue weighted by Crippen LogP contribution is -2.33. The van der Waals surface area contributed by atoms with Crippen LogP contribution in [0.1, 0.15) is 12.0 Å². The maximum atomic E-state index is 12.0. The highest BCUT2D eigenvalue weighted by Crippen LogP contribution is 2.19. The maximum Gasteiger partial charge on any atom is 0.225 e. The fourth-order valence-corrected chi connectivity index (χ4v) is 2.54. The number of likely N-dealkylation sites (tertiary alicyclic amines) is 1. The van der Waals surface area contributed by atoms with Crippen LogP contribution in [-0.4, -0.2) is 43.5 Å². The topological polar surface area (TPSA) is 58.6 Å². The molecule has 5 heteroatoms. The molecule has 1 aromatic rings. The van der Waals surface area contributed by atoms with Crippen LogP contribution in [0.3, 0.4) is 0 Å². The summed E-state index contributed by atoms with van der Waals surface area (Å²) in [4.78, 5) is 25.6. The van der Waals surface area contributed by atoms with Gasteiger partial charge in [0, 0.05) is 26.1 Å². The van der Waals surface area contributed by atoms with Crippen LogP contribution in [-0.2, 0) is 16.0 Å². The zero-order chi connectivity index (χ0) is 15.9. The minimum atomic E-state index is -0.247. The molecule has 0 saturated carbocycles. The number of benzene rings is 1. The number of ether oxygens (including phenoxy) is 1. The first-order chi connectivity index (χ1) is 10.6. The second kappa shape index (κ2) is 7.64. The van der Waals surface area contributed by atoms with E-state index in [0.717, 1.165) is 17.7 Å². The predicted octanol–water partition coefficient (Wildman–Crippen LogP) is 1.39. The van der Waals surface area contributed by atoms with E-state index in [9.17, 15) is 9.59 Å². The molecular formula is C17H22N2O3. The SMILES string of the molecule is C=CCNC(=O)C1CC(=O)N(CCc2ccc(OC)cc2)C1. The van der Waals surface area contributed by atoms with Crippen molar-refractivity contribution in [2.24, 2.45) is 5.92 Å². The highest BCUT2D eigenvalue weighted by molar-refractivity contribution is 5.89. The van der Waals surface area contributed by atoms with E-state index in [1.807, 2.05) is 24.3 Å². The van der Waals surface area contributed by atoms with Crippen molar-refractivity contribution < 1.29 is 14.3 Å². The minimum absolute atomic E-state index is 0.0484. The second-order valence-corrected chi connectivity index (χ2v) is 5.37. The van der Waals surface area contributed by atoms with Gasteiger partial charge < -0.3 is 15.0 Å². The number of methoxy groups -OCH3 is 1. The number of carbonyl (C=O) groups is 2. The van der Waals surface area contributed by atoms with Crippen molar-refractivity contribution in [3.8, 4) is 5.75 Å². The van der Waals surface area contributed by atoms with Crippen molar-refractivity contribution >= 4 is 11.8 Å². The molecule has 5 nitrogen and oxygen atoms in total. The number of carbonyl (C=O) groups excluding carboxylic acids is 2. The third kappa shape index (κ3) is 4.10. The van der Waals surface area contributed by atoms with Gasteiger partial charge in [-0.15, -0.1) is 6.58 Å². The number of rotatable bonds is 7. The zero-order valence-electron chi connectivity index (χ0n) is 12.9. The third-order valence-corrected chi connectivity index (χ3v) is 3.84. The van der Waals surface area contributed by atoms with Gasteiger partial charge in [0.25, 0.3) is 0 Å². The Hall–Kier alpha value is -2.30. The normalized spacial score (nSPS) is 17.4. The third-order valence-electron chi connectivity index (χ3n) is 3.84. The summed E-state index contributed by atoms with van der Waals surface area (Å²) in [5, 5.41) is 2.75. The lowest BCUT2D eigenvalue weighted by molar-refractivity contribution is -0.128. The fraction of sp³-hybridized carbons (Fsp3) is 0.412. The molecule has 1 fully saturated rings. The number of nitrogens with zero attached hydrogens (tertiary/aromatic N) is 1. The van der Waals surface area contributed by atoms with E-state index in [4.69, 9.17) is 4.74 Å². The average Bonchev–Trinajstić information content (AvgIpc) is 2.92. The molecule has 1 heterocycles. The van der Waals surface area contributed by atoms with Gasteiger partial charge in [0.05, 0.1) is 13.0 Å². The van der Waals surface area contributed by atoms with Crippen LogP contribution < -0.4 is 10.1 Å².